The Morgan fingerprint density at radius 2 is 2.16 bits per heavy atom. The van der Waals surface area contributed by atoms with Crippen LogP contribution in [0, 0.1) is 17.0 Å². The van der Waals surface area contributed by atoms with Crippen LogP contribution in [0.25, 0.3) is 0 Å². The molecule has 0 bridgehead atoms. The van der Waals surface area contributed by atoms with E-state index in [4.69, 9.17) is 9.47 Å². The molecule has 0 radical (unpaired) electrons. The summed E-state index contributed by atoms with van der Waals surface area (Å²) in [6, 6.07) is 1.32. The summed E-state index contributed by atoms with van der Waals surface area (Å²) < 4.78 is 25.1. The van der Waals surface area contributed by atoms with Gasteiger partial charge < -0.3 is 14.4 Å². The van der Waals surface area contributed by atoms with E-state index in [0.29, 0.717) is 5.56 Å². The Bertz CT molecular complexity index is 662. The minimum absolute atomic E-state index is 0.188. The molecule has 2 atom stereocenters. The van der Waals surface area contributed by atoms with E-state index in [9.17, 15) is 19.3 Å². The molecular formula is C16H22FN3O5. The number of alkyl halides is 1. The fourth-order valence-electron chi connectivity index (χ4n) is 2.41. The molecule has 0 N–H and O–H groups in total. The summed E-state index contributed by atoms with van der Waals surface area (Å²) in [6.45, 7) is 6.90. The number of pyridine rings is 1. The van der Waals surface area contributed by atoms with Gasteiger partial charge in [0.1, 0.15) is 11.7 Å². The van der Waals surface area contributed by atoms with Crippen molar-refractivity contribution in [2.45, 2.75) is 52.0 Å². The van der Waals surface area contributed by atoms with Gasteiger partial charge in [0.2, 0.25) is 0 Å². The largest absolute Gasteiger partial charge is 0.466 e. The molecule has 1 saturated heterocycles. The van der Waals surface area contributed by atoms with Crippen LogP contribution >= 0.6 is 0 Å². The minimum Gasteiger partial charge on any atom is -0.466 e. The summed E-state index contributed by atoms with van der Waals surface area (Å²) in [6.07, 6.45) is -1.39. The summed E-state index contributed by atoms with van der Waals surface area (Å²) in [4.78, 5) is 27.6. The topological polar surface area (TPSA) is 94.8 Å². The Balaban J connectivity index is 2.03. The van der Waals surface area contributed by atoms with Crippen molar-refractivity contribution in [1.82, 2.24) is 9.88 Å². The standard InChI is InChI=1S/C16H22FN3O5/c1-10-7-12(20(22)23)14(18-8-10)24-13-5-6-19(9-11(13)17)15(21)25-16(2,3)4/h7-8,11,13H,5-6,9H2,1-4H3. The van der Waals surface area contributed by atoms with Gasteiger partial charge in [0.05, 0.1) is 11.5 Å². The number of hydrogen-bond donors (Lipinski definition) is 0. The SMILES string of the molecule is Cc1cnc(OC2CCN(C(=O)OC(C)(C)C)CC2F)c([N+](=O)[O-])c1. The summed E-state index contributed by atoms with van der Waals surface area (Å²) in [5.41, 5.74) is -0.361. The number of carbonyl (C=O) groups is 1. The van der Waals surface area contributed by atoms with Crippen molar-refractivity contribution >= 4 is 11.8 Å². The number of ether oxygens (including phenoxy) is 2. The molecule has 2 rings (SSSR count). The molecule has 2 heterocycles. The molecule has 1 amide bonds. The average molecular weight is 355 g/mol. The van der Waals surface area contributed by atoms with Crippen LogP contribution in [-0.4, -0.2) is 51.9 Å². The second kappa shape index (κ2) is 7.20. The molecule has 9 heteroatoms. The van der Waals surface area contributed by atoms with Crippen molar-refractivity contribution in [3.05, 3.63) is 27.9 Å². The number of rotatable bonds is 3. The zero-order chi connectivity index (χ0) is 18.8. The molecule has 1 fully saturated rings. The van der Waals surface area contributed by atoms with Crippen LogP contribution in [-0.2, 0) is 4.74 Å². The van der Waals surface area contributed by atoms with Gasteiger partial charge in [0, 0.05) is 25.2 Å². The molecule has 0 spiro atoms. The Kier molecular flexibility index (Phi) is 5.44. The van der Waals surface area contributed by atoms with Gasteiger partial charge in [-0.15, -0.1) is 0 Å². The number of amides is 1. The fourth-order valence-corrected chi connectivity index (χ4v) is 2.41. The van der Waals surface area contributed by atoms with Gasteiger partial charge in [-0.05, 0) is 33.3 Å². The lowest BCUT2D eigenvalue weighted by Crippen LogP contribution is -2.50. The molecule has 1 aliphatic heterocycles. The monoisotopic (exact) mass is 355 g/mol. The lowest BCUT2D eigenvalue weighted by molar-refractivity contribution is -0.386. The van der Waals surface area contributed by atoms with Crippen LogP contribution in [0.3, 0.4) is 0 Å². The smallest absolute Gasteiger partial charge is 0.410 e. The Morgan fingerprint density at radius 1 is 1.48 bits per heavy atom. The van der Waals surface area contributed by atoms with Crippen LogP contribution < -0.4 is 4.74 Å². The van der Waals surface area contributed by atoms with Gasteiger partial charge in [-0.25, -0.2) is 14.2 Å². The van der Waals surface area contributed by atoms with Crippen LogP contribution in [0.1, 0.15) is 32.8 Å². The summed E-state index contributed by atoms with van der Waals surface area (Å²) in [5.74, 6) is -0.214. The van der Waals surface area contributed by atoms with E-state index in [0.717, 1.165) is 0 Å². The summed E-state index contributed by atoms with van der Waals surface area (Å²) >= 11 is 0. The van der Waals surface area contributed by atoms with Gasteiger partial charge in [0.15, 0.2) is 6.17 Å². The molecule has 0 saturated carbocycles. The van der Waals surface area contributed by atoms with E-state index in [1.54, 1.807) is 27.7 Å². The van der Waals surface area contributed by atoms with Crippen molar-refractivity contribution in [3.8, 4) is 5.88 Å². The Hall–Kier alpha value is -2.45. The Labute approximate surface area is 145 Å². The molecule has 8 nitrogen and oxygen atoms in total. The number of aryl methyl sites for hydroxylation is 1. The van der Waals surface area contributed by atoms with Crippen LogP contribution in [0.2, 0.25) is 0 Å². The molecule has 138 valence electrons. The van der Waals surface area contributed by atoms with E-state index >= 15 is 0 Å². The van der Waals surface area contributed by atoms with E-state index in [1.165, 1.54) is 17.2 Å². The third-order valence-corrected chi connectivity index (χ3v) is 3.56. The molecule has 0 aromatic carbocycles. The van der Waals surface area contributed by atoms with E-state index in [2.05, 4.69) is 4.98 Å². The number of nitro groups is 1. The first-order valence-electron chi connectivity index (χ1n) is 7.96. The third kappa shape index (κ3) is 5.01. The maximum absolute atomic E-state index is 14.4. The van der Waals surface area contributed by atoms with Gasteiger partial charge in [-0.3, -0.25) is 10.1 Å². The van der Waals surface area contributed by atoms with Crippen molar-refractivity contribution in [2.75, 3.05) is 13.1 Å². The molecule has 0 aliphatic carbocycles. The third-order valence-electron chi connectivity index (χ3n) is 3.56. The maximum atomic E-state index is 14.4. The zero-order valence-corrected chi connectivity index (χ0v) is 14.7. The van der Waals surface area contributed by atoms with Crippen LogP contribution in [0.4, 0.5) is 14.9 Å². The summed E-state index contributed by atoms with van der Waals surface area (Å²) in [5, 5.41) is 11.1. The molecular weight excluding hydrogens is 333 g/mol. The zero-order valence-electron chi connectivity index (χ0n) is 14.7. The van der Waals surface area contributed by atoms with Crippen molar-refractivity contribution < 1.29 is 23.6 Å². The number of nitrogens with zero attached hydrogens (tertiary/aromatic N) is 3. The van der Waals surface area contributed by atoms with E-state index in [-0.39, 0.29) is 31.1 Å². The van der Waals surface area contributed by atoms with Gasteiger partial charge >= 0.3 is 11.8 Å². The molecule has 1 aromatic rings. The van der Waals surface area contributed by atoms with Crippen molar-refractivity contribution in [1.29, 1.82) is 0 Å². The number of aromatic nitrogens is 1. The maximum Gasteiger partial charge on any atom is 0.410 e. The predicted octanol–water partition coefficient (Wildman–Crippen LogP) is 3.02. The highest BCUT2D eigenvalue weighted by Crippen LogP contribution is 2.29. The molecule has 1 aromatic heterocycles. The van der Waals surface area contributed by atoms with Crippen LogP contribution in [0.5, 0.6) is 5.88 Å². The number of piperidine rings is 1. The quantitative estimate of drug-likeness (QED) is 0.611. The van der Waals surface area contributed by atoms with Gasteiger partial charge in [0.25, 0.3) is 5.88 Å². The second-order valence-electron chi connectivity index (χ2n) is 6.98. The highest BCUT2D eigenvalue weighted by molar-refractivity contribution is 5.68. The first-order chi connectivity index (χ1) is 11.6. The second-order valence-corrected chi connectivity index (χ2v) is 6.98. The number of carbonyl (C=O) groups excluding carboxylic acids is 1. The average Bonchev–Trinajstić information content (AvgIpc) is 2.48. The normalized spacial score (nSPS) is 20.9. The van der Waals surface area contributed by atoms with Crippen LogP contribution in [0.15, 0.2) is 12.3 Å². The minimum atomic E-state index is -1.50. The number of likely N-dealkylation sites (tertiary alicyclic amines) is 1. The van der Waals surface area contributed by atoms with E-state index < -0.39 is 28.9 Å². The highest BCUT2D eigenvalue weighted by atomic mass is 19.1. The first-order valence-corrected chi connectivity index (χ1v) is 7.96. The Morgan fingerprint density at radius 3 is 2.72 bits per heavy atom. The van der Waals surface area contributed by atoms with Crippen molar-refractivity contribution in [2.24, 2.45) is 0 Å². The lowest BCUT2D eigenvalue weighted by atomic mass is 10.1. The molecule has 25 heavy (non-hydrogen) atoms. The highest BCUT2D eigenvalue weighted by Gasteiger charge is 2.36. The molecule has 2 unspecified atom stereocenters. The fraction of sp³-hybridized carbons (Fsp3) is 0.625. The van der Waals surface area contributed by atoms with Crippen molar-refractivity contribution in [3.63, 3.8) is 0 Å². The first kappa shape index (κ1) is 18.9. The predicted molar refractivity (Wildman–Crippen MR) is 87.4 cm³/mol. The molecule has 1 aliphatic rings. The summed E-state index contributed by atoms with van der Waals surface area (Å²) in [7, 11) is 0. The van der Waals surface area contributed by atoms with Gasteiger partial charge in [-0.1, -0.05) is 0 Å². The van der Waals surface area contributed by atoms with Gasteiger partial charge in [-0.2, -0.15) is 0 Å². The number of halogens is 1. The lowest BCUT2D eigenvalue weighted by Gasteiger charge is -2.35. The van der Waals surface area contributed by atoms with E-state index in [1.807, 2.05) is 0 Å². The number of hydrogen-bond acceptors (Lipinski definition) is 6.